The van der Waals surface area contributed by atoms with Gasteiger partial charge in [-0.3, -0.25) is 4.99 Å². The third-order valence-electron chi connectivity index (χ3n) is 3.90. The van der Waals surface area contributed by atoms with Gasteiger partial charge >= 0.3 is 0 Å². The predicted molar refractivity (Wildman–Crippen MR) is 118 cm³/mol. The minimum absolute atomic E-state index is 0.180. The van der Waals surface area contributed by atoms with Crippen LogP contribution in [0.5, 0.6) is 5.75 Å². The molecule has 3 aromatic carbocycles. The third-order valence-corrected chi connectivity index (χ3v) is 5.39. The van der Waals surface area contributed by atoms with E-state index in [9.17, 15) is 5.11 Å². The van der Waals surface area contributed by atoms with Crippen LogP contribution in [-0.2, 0) is 0 Å². The average molecular weight is 509 g/mol. The van der Waals surface area contributed by atoms with Crippen molar-refractivity contribution >= 4 is 68.8 Å². The van der Waals surface area contributed by atoms with Crippen molar-refractivity contribution in [2.24, 2.45) is 4.99 Å². The number of phenolic OH excluding ortho intramolecular Hbond substituents is 1. The molecular weight excluding hydrogens is 498 g/mol. The quantitative estimate of drug-likeness (QED) is 0.243. The summed E-state index contributed by atoms with van der Waals surface area (Å²) >= 11 is 14.5. The van der Waals surface area contributed by atoms with E-state index in [1.54, 1.807) is 36.5 Å². The SMILES string of the molecule is Oc1ccc(I)cc1C=Nc1ccc2oc(-c3cccc(Cl)c3Cl)nc2c1. The Bertz CT molecular complexity index is 1190. The second kappa shape index (κ2) is 7.50. The third kappa shape index (κ3) is 3.81. The number of fused-ring (bicyclic) bond motifs is 1. The van der Waals surface area contributed by atoms with Gasteiger partial charge in [-0.25, -0.2) is 4.98 Å². The molecule has 134 valence electrons. The molecule has 0 fully saturated rings. The van der Waals surface area contributed by atoms with E-state index in [0.717, 1.165) is 3.57 Å². The minimum Gasteiger partial charge on any atom is -0.507 e. The maximum absolute atomic E-state index is 9.92. The van der Waals surface area contributed by atoms with Crippen molar-refractivity contribution in [1.29, 1.82) is 0 Å². The molecule has 0 aliphatic heterocycles. The molecular formula is C20H11Cl2IN2O2. The number of rotatable bonds is 3. The van der Waals surface area contributed by atoms with Gasteiger partial charge in [-0.15, -0.1) is 0 Å². The minimum atomic E-state index is 0.180. The molecule has 1 aromatic heterocycles. The molecule has 7 heteroatoms. The lowest BCUT2D eigenvalue weighted by molar-refractivity contribution is 0.474. The monoisotopic (exact) mass is 508 g/mol. The number of phenols is 1. The number of nitrogens with zero attached hydrogens (tertiary/aromatic N) is 2. The maximum atomic E-state index is 9.92. The first kappa shape index (κ1) is 18.3. The van der Waals surface area contributed by atoms with Gasteiger partial charge in [0.2, 0.25) is 5.89 Å². The number of aliphatic imine (C=N–C) groups is 1. The molecule has 0 bridgehead atoms. The van der Waals surface area contributed by atoms with Crippen molar-refractivity contribution < 1.29 is 9.52 Å². The lowest BCUT2D eigenvalue weighted by Gasteiger charge is -2.00. The van der Waals surface area contributed by atoms with E-state index in [-0.39, 0.29) is 5.75 Å². The topological polar surface area (TPSA) is 58.6 Å². The van der Waals surface area contributed by atoms with Gasteiger partial charge in [0.05, 0.1) is 21.3 Å². The molecule has 0 aliphatic carbocycles. The van der Waals surface area contributed by atoms with Crippen LogP contribution < -0.4 is 0 Å². The van der Waals surface area contributed by atoms with Gasteiger partial charge in [-0.1, -0.05) is 29.3 Å². The second-order valence-electron chi connectivity index (χ2n) is 5.73. The summed E-state index contributed by atoms with van der Waals surface area (Å²) in [6.45, 7) is 0. The van der Waals surface area contributed by atoms with Crippen LogP contribution in [0.3, 0.4) is 0 Å². The fraction of sp³-hybridized carbons (Fsp3) is 0. The van der Waals surface area contributed by atoms with Gasteiger partial charge in [0.15, 0.2) is 5.58 Å². The number of benzene rings is 3. The standard InChI is InChI=1S/C20H11Cl2IN2O2/c21-15-3-1-2-14(19(15)22)20-25-16-9-13(5-7-18(16)27-20)24-10-11-8-12(23)4-6-17(11)26/h1-10,26H. The summed E-state index contributed by atoms with van der Waals surface area (Å²) in [6.07, 6.45) is 1.62. The molecule has 4 rings (SSSR count). The van der Waals surface area contributed by atoms with Gasteiger partial charge in [-0.2, -0.15) is 0 Å². The van der Waals surface area contributed by atoms with Gasteiger partial charge < -0.3 is 9.52 Å². The van der Waals surface area contributed by atoms with Crippen LogP contribution in [0.1, 0.15) is 5.56 Å². The zero-order valence-electron chi connectivity index (χ0n) is 13.7. The van der Waals surface area contributed by atoms with E-state index in [0.29, 0.717) is 43.9 Å². The second-order valence-corrected chi connectivity index (χ2v) is 7.76. The summed E-state index contributed by atoms with van der Waals surface area (Å²) < 4.78 is 6.81. The Kier molecular flexibility index (Phi) is 5.08. The van der Waals surface area contributed by atoms with Crippen molar-refractivity contribution in [2.75, 3.05) is 0 Å². The van der Waals surface area contributed by atoms with Gasteiger partial charge in [0, 0.05) is 15.3 Å². The lowest BCUT2D eigenvalue weighted by atomic mass is 10.2. The summed E-state index contributed by atoms with van der Waals surface area (Å²) in [4.78, 5) is 8.92. The Labute approximate surface area is 178 Å². The Morgan fingerprint density at radius 2 is 1.93 bits per heavy atom. The van der Waals surface area contributed by atoms with Gasteiger partial charge in [-0.05, 0) is 71.1 Å². The molecule has 0 unspecified atom stereocenters. The maximum Gasteiger partial charge on any atom is 0.228 e. The summed E-state index contributed by atoms with van der Waals surface area (Å²) in [5.41, 5.74) is 3.25. The number of aromatic hydroxyl groups is 1. The normalized spacial score (nSPS) is 11.5. The summed E-state index contributed by atoms with van der Waals surface area (Å²) in [6, 6.07) is 16.1. The molecule has 0 aliphatic rings. The number of hydrogen-bond acceptors (Lipinski definition) is 4. The molecule has 0 saturated carbocycles. The highest BCUT2D eigenvalue weighted by atomic mass is 127. The fourth-order valence-corrected chi connectivity index (χ4v) is 3.45. The van der Waals surface area contributed by atoms with Crippen LogP contribution in [0.15, 0.2) is 64.0 Å². The summed E-state index contributed by atoms with van der Waals surface area (Å²) in [5, 5.41) is 10.8. The van der Waals surface area contributed by atoms with Gasteiger partial charge in [0.25, 0.3) is 0 Å². The molecule has 1 N–H and O–H groups in total. The van der Waals surface area contributed by atoms with E-state index < -0.39 is 0 Å². The first-order chi connectivity index (χ1) is 13.0. The number of oxazole rings is 1. The largest absolute Gasteiger partial charge is 0.507 e. The summed E-state index contributed by atoms with van der Waals surface area (Å²) in [5.74, 6) is 0.577. The first-order valence-electron chi connectivity index (χ1n) is 7.89. The number of hydrogen-bond donors (Lipinski definition) is 1. The number of aromatic nitrogens is 1. The molecule has 1 heterocycles. The fourth-order valence-electron chi connectivity index (χ4n) is 2.55. The van der Waals surface area contributed by atoms with E-state index in [2.05, 4.69) is 32.6 Å². The van der Waals surface area contributed by atoms with E-state index in [1.807, 2.05) is 24.3 Å². The van der Waals surface area contributed by atoms with Crippen LogP contribution in [-0.4, -0.2) is 16.3 Å². The predicted octanol–water partition coefficient (Wildman–Crippen LogP) is 6.86. The van der Waals surface area contributed by atoms with Crippen LogP contribution >= 0.6 is 45.8 Å². The molecule has 0 radical (unpaired) electrons. The van der Waals surface area contributed by atoms with Crippen molar-refractivity contribution in [3.8, 4) is 17.2 Å². The van der Waals surface area contributed by atoms with Crippen molar-refractivity contribution in [3.05, 3.63) is 73.8 Å². The number of halogens is 3. The zero-order valence-corrected chi connectivity index (χ0v) is 17.3. The zero-order chi connectivity index (χ0) is 19.0. The van der Waals surface area contributed by atoms with E-state index >= 15 is 0 Å². The lowest BCUT2D eigenvalue weighted by Crippen LogP contribution is -1.83. The van der Waals surface area contributed by atoms with Crippen LogP contribution in [0.2, 0.25) is 10.0 Å². The highest BCUT2D eigenvalue weighted by Crippen LogP contribution is 2.35. The molecule has 0 saturated heterocycles. The highest BCUT2D eigenvalue weighted by Gasteiger charge is 2.13. The van der Waals surface area contributed by atoms with E-state index in [1.165, 1.54) is 0 Å². The molecule has 0 amide bonds. The van der Waals surface area contributed by atoms with Crippen LogP contribution in [0, 0.1) is 3.57 Å². The molecule has 0 atom stereocenters. The first-order valence-corrected chi connectivity index (χ1v) is 9.72. The molecule has 27 heavy (non-hydrogen) atoms. The Morgan fingerprint density at radius 3 is 2.78 bits per heavy atom. The molecule has 0 spiro atoms. The van der Waals surface area contributed by atoms with E-state index in [4.69, 9.17) is 27.6 Å². The molecule has 4 aromatic rings. The molecule has 4 nitrogen and oxygen atoms in total. The van der Waals surface area contributed by atoms with Crippen LogP contribution in [0.4, 0.5) is 5.69 Å². The Hall–Kier alpha value is -2.09. The van der Waals surface area contributed by atoms with Crippen molar-refractivity contribution in [2.45, 2.75) is 0 Å². The smallest absolute Gasteiger partial charge is 0.228 e. The summed E-state index contributed by atoms with van der Waals surface area (Å²) in [7, 11) is 0. The highest BCUT2D eigenvalue weighted by molar-refractivity contribution is 14.1. The van der Waals surface area contributed by atoms with Crippen molar-refractivity contribution in [1.82, 2.24) is 4.98 Å². The van der Waals surface area contributed by atoms with Crippen molar-refractivity contribution in [3.63, 3.8) is 0 Å². The van der Waals surface area contributed by atoms with Gasteiger partial charge in [0.1, 0.15) is 11.3 Å². The average Bonchev–Trinajstić information content (AvgIpc) is 3.07. The van der Waals surface area contributed by atoms with Crippen LogP contribution in [0.25, 0.3) is 22.6 Å². The Balaban J connectivity index is 1.70. The Morgan fingerprint density at radius 1 is 1.07 bits per heavy atom.